The number of hydrogen-bond acceptors (Lipinski definition) is 2. The molecule has 23 heavy (non-hydrogen) atoms. The number of hydrogen-bond donors (Lipinski definition) is 2. The van der Waals surface area contributed by atoms with E-state index in [1.807, 2.05) is 0 Å². The Labute approximate surface area is 138 Å². The Balaban J connectivity index is 1.90. The Morgan fingerprint density at radius 1 is 1.22 bits per heavy atom. The lowest BCUT2D eigenvalue weighted by molar-refractivity contribution is -0.113. The van der Waals surface area contributed by atoms with Crippen LogP contribution in [-0.2, 0) is 11.2 Å². The molecule has 0 bridgehead atoms. The highest BCUT2D eigenvalue weighted by atomic mass is 35.5. The zero-order valence-electron chi connectivity index (χ0n) is 12.2. The predicted octanol–water partition coefficient (Wildman–Crippen LogP) is 3.35. The zero-order chi connectivity index (χ0) is 16.8. The molecule has 0 aliphatic heterocycles. The van der Waals surface area contributed by atoms with Gasteiger partial charge in [0.05, 0.1) is 12.1 Å². The fraction of sp³-hybridized carbons (Fsp3) is 0.118. The van der Waals surface area contributed by atoms with Gasteiger partial charge < -0.3 is 11.1 Å². The van der Waals surface area contributed by atoms with Crippen molar-refractivity contribution >= 4 is 29.1 Å². The number of benzene rings is 2. The molecule has 0 aromatic heterocycles. The van der Waals surface area contributed by atoms with E-state index >= 15 is 0 Å². The SMILES string of the molecule is NC(=O)c1ccccc1CC[CH]C(=O)Nc1cc(Cl)ccc1F. The minimum atomic E-state index is -0.560. The lowest BCUT2D eigenvalue weighted by Crippen LogP contribution is -2.15. The number of rotatable bonds is 6. The molecule has 2 aromatic carbocycles. The van der Waals surface area contributed by atoms with Crippen LogP contribution in [0.5, 0.6) is 0 Å². The van der Waals surface area contributed by atoms with E-state index < -0.39 is 17.6 Å². The molecule has 0 saturated heterocycles. The molecule has 2 amide bonds. The van der Waals surface area contributed by atoms with E-state index in [1.165, 1.54) is 24.6 Å². The Morgan fingerprint density at radius 2 is 1.96 bits per heavy atom. The maximum absolute atomic E-state index is 13.5. The molecule has 0 heterocycles. The molecular formula is C17H15ClFN2O2. The highest BCUT2D eigenvalue weighted by Gasteiger charge is 2.10. The third kappa shape index (κ3) is 4.79. The molecule has 4 nitrogen and oxygen atoms in total. The molecule has 0 unspecified atom stereocenters. The number of carbonyl (C=O) groups is 2. The number of carbonyl (C=O) groups excluding carboxylic acids is 2. The van der Waals surface area contributed by atoms with Crippen LogP contribution in [0.15, 0.2) is 42.5 Å². The third-order valence-corrected chi connectivity index (χ3v) is 3.45. The van der Waals surface area contributed by atoms with E-state index in [-0.39, 0.29) is 5.69 Å². The maximum Gasteiger partial charge on any atom is 0.248 e. The summed E-state index contributed by atoms with van der Waals surface area (Å²) < 4.78 is 13.5. The molecule has 0 aliphatic rings. The van der Waals surface area contributed by atoms with Crippen LogP contribution in [0.1, 0.15) is 22.3 Å². The van der Waals surface area contributed by atoms with Crippen molar-refractivity contribution in [3.8, 4) is 0 Å². The number of halogens is 2. The van der Waals surface area contributed by atoms with Crippen molar-refractivity contribution in [3.63, 3.8) is 0 Å². The van der Waals surface area contributed by atoms with E-state index in [2.05, 4.69) is 5.32 Å². The van der Waals surface area contributed by atoms with Crippen LogP contribution in [-0.4, -0.2) is 11.8 Å². The lowest BCUT2D eigenvalue weighted by Gasteiger charge is -2.08. The van der Waals surface area contributed by atoms with Crippen LogP contribution >= 0.6 is 11.6 Å². The van der Waals surface area contributed by atoms with Crippen molar-refractivity contribution in [2.75, 3.05) is 5.32 Å². The topological polar surface area (TPSA) is 72.2 Å². The van der Waals surface area contributed by atoms with Crippen molar-refractivity contribution in [2.24, 2.45) is 5.73 Å². The first kappa shape index (κ1) is 17.0. The standard InChI is InChI=1S/C17H15ClFN2O2/c18-12-8-9-14(19)15(10-12)21-16(22)7-3-5-11-4-1-2-6-13(11)17(20)23/h1-2,4,6-10H,3,5H2,(H2,20,23)(H,21,22). The Hall–Kier alpha value is -2.40. The molecule has 6 heteroatoms. The largest absolute Gasteiger partial charge is 0.366 e. The van der Waals surface area contributed by atoms with Gasteiger partial charge >= 0.3 is 0 Å². The van der Waals surface area contributed by atoms with E-state index in [0.717, 1.165) is 5.56 Å². The van der Waals surface area contributed by atoms with Gasteiger partial charge in [0, 0.05) is 10.6 Å². The van der Waals surface area contributed by atoms with Crippen molar-refractivity contribution < 1.29 is 14.0 Å². The van der Waals surface area contributed by atoms with E-state index in [1.54, 1.807) is 24.3 Å². The Bertz CT molecular complexity index is 734. The average Bonchev–Trinajstić information content (AvgIpc) is 2.51. The van der Waals surface area contributed by atoms with Gasteiger partial charge in [-0.05, 0) is 42.7 Å². The van der Waals surface area contributed by atoms with E-state index in [4.69, 9.17) is 17.3 Å². The molecule has 0 spiro atoms. The molecule has 1 radical (unpaired) electrons. The second-order valence-electron chi connectivity index (χ2n) is 4.88. The van der Waals surface area contributed by atoms with Gasteiger partial charge in [0.25, 0.3) is 0 Å². The molecule has 0 saturated carbocycles. The van der Waals surface area contributed by atoms with Gasteiger partial charge in [0.2, 0.25) is 11.8 Å². The van der Waals surface area contributed by atoms with Crippen molar-refractivity contribution in [3.05, 3.63) is 70.9 Å². The summed E-state index contributed by atoms with van der Waals surface area (Å²) in [5.41, 5.74) is 6.52. The number of nitrogens with two attached hydrogens (primary N) is 1. The number of amides is 2. The first-order valence-corrected chi connectivity index (χ1v) is 7.32. The second-order valence-corrected chi connectivity index (χ2v) is 5.31. The quantitative estimate of drug-likeness (QED) is 0.850. The van der Waals surface area contributed by atoms with Crippen LogP contribution in [0.4, 0.5) is 10.1 Å². The van der Waals surface area contributed by atoms with Gasteiger partial charge in [0.1, 0.15) is 5.82 Å². The van der Waals surface area contributed by atoms with Gasteiger partial charge in [0.15, 0.2) is 0 Å². The van der Waals surface area contributed by atoms with Crippen LogP contribution in [0.3, 0.4) is 0 Å². The predicted molar refractivity (Wildman–Crippen MR) is 87.6 cm³/mol. The smallest absolute Gasteiger partial charge is 0.248 e. The molecule has 0 atom stereocenters. The van der Waals surface area contributed by atoms with Gasteiger partial charge in [-0.3, -0.25) is 9.59 Å². The second kappa shape index (κ2) is 7.74. The third-order valence-electron chi connectivity index (χ3n) is 3.21. The molecule has 0 aliphatic carbocycles. The van der Waals surface area contributed by atoms with Gasteiger partial charge in [-0.1, -0.05) is 29.8 Å². The minimum Gasteiger partial charge on any atom is -0.366 e. The number of aryl methyl sites for hydroxylation is 1. The number of nitrogens with one attached hydrogen (secondary N) is 1. The van der Waals surface area contributed by atoms with Crippen LogP contribution in [0, 0.1) is 12.2 Å². The molecule has 0 fully saturated rings. The van der Waals surface area contributed by atoms with Gasteiger partial charge in [-0.25, -0.2) is 4.39 Å². The van der Waals surface area contributed by atoms with Crippen molar-refractivity contribution in [1.29, 1.82) is 0 Å². The number of primary amides is 1. The lowest BCUT2D eigenvalue weighted by atomic mass is 10.0. The minimum absolute atomic E-state index is 0.0243. The first-order chi connectivity index (χ1) is 11.0. The van der Waals surface area contributed by atoms with Crippen molar-refractivity contribution in [1.82, 2.24) is 0 Å². The first-order valence-electron chi connectivity index (χ1n) is 6.94. The summed E-state index contributed by atoms with van der Waals surface area (Å²) in [4.78, 5) is 23.1. The van der Waals surface area contributed by atoms with Gasteiger partial charge in [-0.2, -0.15) is 0 Å². The molecule has 3 N–H and O–H groups in total. The summed E-state index contributed by atoms with van der Waals surface area (Å²) in [5, 5.41) is 2.76. The molecule has 2 rings (SSSR count). The summed E-state index contributed by atoms with van der Waals surface area (Å²) in [6.07, 6.45) is 2.25. The maximum atomic E-state index is 13.5. The zero-order valence-corrected chi connectivity index (χ0v) is 12.9. The molecular weight excluding hydrogens is 319 g/mol. The number of anilines is 1. The fourth-order valence-electron chi connectivity index (χ4n) is 2.11. The van der Waals surface area contributed by atoms with Gasteiger partial charge in [-0.15, -0.1) is 0 Å². The van der Waals surface area contributed by atoms with Crippen LogP contribution in [0.2, 0.25) is 5.02 Å². The van der Waals surface area contributed by atoms with Crippen LogP contribution < -0.4 is 11.1 Å². The normalized spacial score (nSPS) is 10.3. The highest BCUT2D eigenvalue weighted by Crippen LogP contribution is 2.20. The van der Waals surface area contributed by atoms with E-state index in [0.29, 0.717) is 23.4 Å². The van der Waals surface area contributed by atoms with Crippen LogP contribution in [0.25, 0.3) is 0 Å². The summed E-state index contributed by atoms with van der Waals surface area (Å²) in [7, 11) is 0. The Kier molecular flexibility index (Phi) is 5.71. The molecule has 119 valence electrons. The summed E-state index contributed by atoms with van der Waals surface area (Å²) in [6.45, 7) is 0. The summed E-state index contributed by atoms with van der Waals surface area (Å²) in [6, 6.07) is 10.9. The average molecular weight is 334 g/mol. The summed E-state index contributed by atoms with van der Waals surface area (Å²) in [5.74, 6) is -1.51. The fourth-order valence-corrected chi connectivity index (χ4v) is 2.29. The van der Waals surface area contributed by atoms with Crippen molar-refractivity contribution in [2.45, 2.75) is 12.8 Å². The molecule has 2 aromatic rings. The summed E-state index contributed by atoms with van der Waals surface area (Å²) >= 11 is 5.76. The monoisotopic (exact) mass is 333 g/mol. The highest BCUT2D eigenvalue weighted by molar-refractivity contribution is 6.30. The van der Waals surface area contributed by atoms with E-state index in [9.17, 15) is 14.0 Å². The Morgan fingerprint density at radius 3 is 2.70 bits per heavy atom.